The maximum absolute atomic E-state index is 10.6. The van der Waals surface area contributed by atoms with Gasteiger partial charge in [0.2, 0.25) is 0 Å². The van der Waals surface area contributed by atoms with Gasteiger partial charge in [-0.25, -0.2) is 0 Å². The Hall–Kier alpha value is -1.32. The second-order valence-corrected chi connectivity index (χ2v) is 2.54. The van der Waals surface area contributed by atoms with E-state index in [1.165, 1.54) is 7.11 Å². The number of carbonyl (C=O) groups excluding carboxylic acids is 1. The molecular formula is C9H14O4. The van der Waals surface area contributed by atoms with E-state index < -0.39 is 5.97 Å². The van der Waals surface area contributed by atoms with Gasteiger partial charge in [0.25, 0.3) is 0 Å². The van der Waals surface area contributed by atoms with Crippen molar-refractivity contribution in [3.8, 4) is 0 Å². The van der Waals surface area contributed by atoms with E-state index in [4.69, 9.17) is 5.11 Å². The Bertz CT molecular complexity index is 196. The van der Waals surface area contributed by atoms with Crippen LogP contribution in [0.3, 0.4) is 0 Å². The van der Waals surface area contributed by atoms with Gasteiger partial charge in [-0.1, -0.05) is 12.2 Å². The summed E-state index contributed by atoms with van der Waals surface area (Å²) in [6.45, 7) is 0. The van der Waals surface area contributed by atoms with Crippen molar-refractivity contribution in [3.63, 3.8) is 0 Å². The Kier molecular flexibility index (Phi) is 6.59. The number of carboxylic acids is 1. The molecule has 0 saturated carbocycles. The zero-order valence-corrected chi connectivity index (χ0v) is 7.66. The molecule has 0 heterocycles. The largest absolute Gasteiger partial charge is 0.481 e. The van der Waals surface area contributed by atoms with Gasteiger partial charge in [-0.05, 0) is 12.8 Å². The highest BCUT2D eigenvalue weighted by atomic mass is 16.5. The number of hydrogen-bond donors (Lipinski definition) is 1. The van der Waals surface area contributed by atoms with Crippen molar-refractivity contribution < 1.29 is 19.4 Å². The molecule has 0 fully saturated rings. The van der Waals surface area contributed by atoms with E-state index in [-0.39, 0.29) is 12.4 Å². The van der Waals surface area contributed by atoms with E-state index in [0.29, 0.717) is 19.3 Å². The number of hydrogen-bond acceptors (Lipinski definition) is 3. The van der Waals surface area contributed by atoms with Gasteiger partial charge in [0.1, 0.15) is 0 Å². The van der Waals surface area contributed by atoms with Crippen LogP contribution in [0.4, 0.5) is 0 Å². The van der Waals surface area contributed by atoms with Crippen LogP contribution in [0.5, 0.6) is 0 Å². The van der Waals surface area contributed by atoms with Crippen LogP contribution in [-0.4, -0.2) is 24.2 Å². The summed E-state index contributed by atoms with van der Waals surface area (Å²) in [6, 6.07) is 0. The number of allylic oxidation sites excluding steroid dienone is 1. The first-order chi connectivity index (χ1) is 6.16. The van der Waals surface area contributed by atoms with Crippen molar-refractivity contribution in [2.45, 2.75) is 25.7 Å². The van der Waals surface area contributed by atoms with Gasteiger partial charge in [0.15, 0.2) is 0 Å². The molecule has 0 aliphatic carbocycles. The number of rotatable bonds is 6. The molecule has 0 bridgehead atoms. The Balaban J connectivity index is 3.30. The average Bonchev–Trinajstić information content (AvgIpc) is 2.10. The van der Waals surface area contributed by atoms with Crippen molar-refractivity contribution in [3.05, 3.63) is 12.2 Å². The standard InChI is InChI=1S/C9H14O4/c1-13-9(12)7-5-3-2-4-6-8(10)11/h2,4H,3,5-7H2,1H3,(H,10,11)/b4-2-. The minimum Gasteiger partial charge on any atom is -0.481 e. The molecule has 0 aliphatic heterocycles. The molecule has 4 heteroatoms. The topological polar surface area (TPSA) is 63.6 Å². The number of aliphatic carboxylic acids is 1. The molecule has 0 radical (unpaired) electrons. The number of unbranched alkanes of at least 4 members (excludes halogenated alkanes) is 1. The molecule has 0 saturated heterocycles. The molecule has 74 valence electrons. The van der Waals surface area contributed by atoms with Crippen LogP contribution in [-0.2, 0) is 14.3 Å². The van der Waals surface area contributed by atoms with Gasteiger partial charge in [0.05, 0.1) is 13.5 Å². The van der Waals surface area contributed by atoms with Crippen molar-refractivity contribution in [1.29, 1.82) is 0 Å². The van der Waals surface area contributed by atoms with Gasteiger partial charge in [-0.3, -0.25) is 9.59 Å². The molecule has 0 atom stereocenters. The molecule has 0 amide bonds. The maximum Gasteiger partial charge on any atom is 0.307 e. The molecule has 1 N–H and O–H groups in total. The van der Waals surface area contributed by atoms with Crippen LogP contribution in [0.25, 0.3) is 0 Å². The lowest BCUT2D eigenvalue weighted by atomic mass is 10.2. The molecule has 4 nitrogen and oxygen atoms in total. The summed E-state index contributed by atoms with van der Waals surface area (Å²) in [5.74, 6) is -1.07. The van der Waals surface area contributed by atoms with E-state index in [2.05, 4.69) is 4.74 Å². The van der Waals surface area contributed by atoms with Crippen LogP contribution < -0.4 is 0 Å². The zero-order valence-electron chi connectivity index (χ0n) is 7.66. The first-order valence-corrected chi connectivity index (χ1v) is 4.10. The third-order valence-electron chi connectivity index (χ3n) is 1.44. The third kappa shape index (κ3) is 8.59. The summed E-state index contributed by atoms with van der Waals surface area (Å²) in [5.41, 5.74) is 0. The van der Waals surface area contributed by atoms with Crippen molar-refractivity contribution in [2.24, 2.45) is 0 Å². The second-order valence-electron chi connectivity index (χ2n) is 2.54. The highest BCUT2D eigenvalue weighted by molar-refractivity contribution is 5.69. The first kappa shape index (κ1) is 11.7. The number of carboxylic acid groups (broad SMARTS) is 1. The Morgan fingerprint density at radius 1 is 1.38 bits per heavy atom. The normalized spacial score (nSPS) is 10.2. The molecule has 0 rings (SSSR count). The minimum absolute atomic E-state index is 0.0399. The van der Waals surface area contributed by atoms with Crippen LogP contribution in [0, 0.1) is 0 Å². The van der Waals surface area contributed by atoms with Crippen LogP contribution in [0.2, 0.25) is 0 Å². The predicted octanol–water partition coefficient (Wildman–Crippen LogP) is 1.36. The van der Waals surface area contributed by atoms with E-state index >= 15 is 0 Å². The van der Waals surface area contributed by atoms with Gasteiger partial charge in [-0.2, -0.15) is 0 Å². The minimum atomic E-state index is -0.843. The second kappa shape index (κ2) is 7.34. The van der Waals surface area contributed by atoms with Gasteiger partial charge in [-0.15, -0.1) is 0 Å². The highest BCUT2D eigenvalue weighted by Crippen LogP contribution is 1.98. The lowest BCUT2D eigenvalue weighted by molar-refractivity contribution is -0.140. The lowest BCUT2D eigenvalue weighted by Gasteiger charge is -1.95. The molecule has 0 unspecified atom stereocenters. The number of esters is 1. The number of ether oxygens (including phenoxy) is 1. The third-order valence-corrected chi connectivity index (χ3v) is 1.44. The smallest absolute Gasteiger partial charge is 0.307 e. The van der Waals surface area contributed by atoms with Gasteiger partial charge in [0, 0.05) is 6.42 Å². The Morgan fingerprint density at radius 2 is 2.08 bits per heavy atom. The number of methoxy groups -OCH3 is 1. The molecule has 0 aliphatic rings. The zero-order chi connectivity index (χ0) is 10.1. The van der Waals surface area contributed by atoms with E-state index in [1.54, 1.807) is 12.2 Å². The van der Waals surface area contributed by atoms with E-state index in [9.17, 15) is 9.59 Å². The summed E-state index contributed by atoms with van der Waals surface area (Å²) in [5, 5.41) is 8.27. The summed E-state index contributed by atoms with van der Waals surface area (Å²) in [7, 11) is 1.35. The average molecular weight is 186 g/mol. The molecule has 13 heavy (non-hydrogen) atoms. The van der Waals surface area contributed by atoms with Gasteiger partial charge >= 0.3 is 11.9 Å². The van der Waals surface area contributed by atoms with Crippen LogP contribution >= 0.6 is 0 Å². The maximum atomic E-state index is 10.6. The Labute approximate surface area is 77.2 Å². The van der Waals surface area contributed by atoms with Crippen molar-refractivity contribution >= 4 is 11.9 Å². The fraction of sp³-hybridized carbons (Fsp3) is 0.556. The van der Waals surface area contributed by atoms with Crippen molar-refractivity contribution in [1.82, 2.24) is 0 Å². The quantitative estimate of drug-likeness (QED) is 0.386. The lowest BCUT2D eigenvalue weighted by Crippen LogP contribution is -1.98. The molecular weight excluding hydrogens is 172 g/mol. The fourth-order valence-corrected chi connectivity index (χ4v) is 0.768. The number of carbonyl (C=O) groups is 2. The summed E-state index contributed by atoms with van der Waals surface area (Å²) in [4.78, 5) is 20.7. The van der Waals surface area contributed by atoms with Crippen molar-refractivity contribution in [2.75, 3.05) is 7.11 Å². The summed E-state index contributed by atoms with van der Waals surface area (Å²) >= 11 is 0. The summed E-state index contributed by atoms with van der Waals surface area (Å²) in [6.07, 6.45) is 5.17. The molecule has 0 spiro atoms. The predicted molar refractivity (Wildman–Crippen MR) is 47.3 cm³/mol. The molecule has 0 aromatic heterocycles. The molecule has 0 aromatic carbocycles. The van der Waals surface area contributed by atoms with Crippen LogP contribution in [0.1, 0.15) is 25.7 Å². The highest BCUT2D eigenvalue weighted by Gasteiger charge is 1.97. The van der Waals surface area contributed by atoms with E-state index in [0.717, 1.165) is 0 Å². The molecule has 0 aromatic rings. The summed E-state index contributed by atoms with van der Waals surface area (Å²) < 4.78 is 4.44. The Morgan fingerprint density at radius 3 is 2.62 bits per heavy atom. The van der Waals surface area contributed by atoms with Crippen LogP contribution in [0.15, 0.2) is 12.2 Å². The first-order valence-electron chi connectivity index (χ1n) is 4.10. The SMILES string of the molecule is COC(=O)CCC/C=C\CC(=O)O. The monoisotopic (exact) mass is 186 g/mol. The van der Waals surface area contributed by atoms with E-state index in [1.807, 2.05) is 0 Å². The fourth-order valence-electron chi connectivity index (χ4n) is 0.768. The van der Waals surface area contributed by atoms with Gasteiger partial charge < -0.3 is 9.84 Å².